The highest BCUT2D eigenvalue weighted by Crippen LogP contribution is 2.39. The molecule has 0 fully saturated rings. The number of Topliss-reactive ketones (excluding diaryl/α,β-unsaturated/α-hetero) is 1. The molecule has 6 nitrogen and oxygen atoms in total. The highest BCUT2D eigenvalue weighted by molar-refractivity contribution is 7.12. The van der Waals surface area contributed by atoms with Crippen LogP contribution in [0.3, 0.4) is 0 Å². The molecule has 1 N–H and O–H groups in total. The topological polar surface area (TPSA) is 73.7 Å². The van der Waals surface area contributed by atoms with Crippen LogP contribution < -0.4 is 0 Å². The Morgan fingerprint density at radius 3 is 2.65 bits per heavy atom. The molecule has 0 aliphatic carbocycles. The summed E-state index contributed by atoms with van der Waals surface area (Å²) in [7, 11) is 3.93. The summed E-state index contributed by atoms with van der Waals surface area (Å²) in [6.45, 7) is 1.26. The lowest BCUT2D eigenvalue weighted by molar-refractivity contribution is -0.129. The van der Waals surface area contributed by atoms with Gasteiger partial charge in [0.15, 0.2) is 5.76 Å². The Bertz CT molecular complexity index is 816. The Labute approximate surface area is 156 Å². The summed E-state index contributed by atoms with van der Waals surface area (Å²) < 4.78 is 0. The molecular weight excluding hydrogens is 350 g/mol. The Hall–Kier alpha value is -2.51. The molecule has 1 amide bonds. The summed E-state index contributed by atoms with van der Waals surface area (Å²) in [5.74, 6) is -1.25. The average molecular weight is 371 g/mol. The van der Waals surface area contributed by atoms with Crippen molar-refractivity contribution in [2.24, 2.45) is 0 Å². The van der Waals surface area contributed by atoms with E-state index in [4.69, 9.17) is 0 Å². The second-order valence-electron chi connectivity index (χ2n) is 6.41. The van der Waals surface area contributed by atoms with Gasteiger partial charge in [0.2, 0.25) is 5.78 Å². The van der Waals surface area contributed by atoms with E-state index in [1.807, 2.05) is 19.0 Å². The fourth-order valence-electron chi connectivity index (χ4n) is 3.11. The van der Waals surface area contributed by atoms with Crippen LogP contribution in [0.15, 0.2) is 53.4 Å². The van der Waals surface area contributed by atoms with Crippen molar-refractivity contribution in [3.05, 3.63) is 63.8 Å². The summed E-state index contributed by atoms with van der Waals surface area (Å²) in [4.78, 5) is 33.8. The second kappa shape index (κ2) is 7.80. The SMILES string of the molecule is CN(C)CCCN1C(=O)C(O)=C(C(=O)c2cccs2)[C@@H]1c1ccncc1. The largest absolute Gasteiger partial charge is 0.503 e. The van der Waals surface area contributed by atoms with E-state index >= 15 is 0 Å². The van der Waals surface area contributed by atoms with Gasteiger partial charge in [-0.15, -0.1) is 11.3 Å². The number of ketones is 1. The first-order chi connectivity index (χ1) is 12.5. The molecule has 3 heterocycles. The first-order valence-corrected chi connectivity index (χ1v) is 9.25. The number of pyridine rings is 1. The first-order valence-electron chi connectivity index (χ1n) is 8.37. The van der Waals surface area contributed by atoms with Crippen molar-refractivity contribution in [2.45, 2.75) is 12.5 Å². The van der Waals surface area contributed by atoms with Gasteiger partial charge >= 0.3 is 0 Å². The highest BCUT2D eigenvalue weighted by Gasteiger charge is 2.43. The number of aliphatic hydroxyl groups is 1. The van der Waals surface area contributed by atoms with Gasteiger partial charge in [0.1, 0.15) is 0 Å². The number of hydrogen-bond acceptors (Lipinski definition) is 6. The minimum absolute atomic E-state index is 0.147. The third-order valence-electron chi connectivity index (χ3n) is 4.32. The second-order valence-corrected chi connectivity index (χ2v) is 7.35. The van der Waals surface area contributed by atoms with Crippen LogP contribution >= 0.6 is 11.3 Å². The van der Waals surface area contributed by atoms with Crippen LogP contribution in [0, 0.1) is 0 Å². The molecule has 2 aromatic rings. The number of aliphatic hydroxyl groups excluding tert-OH is 1. The van der Waals surface area contributed by atoms with Crippen LogP contribution in [0.1, 0.15) is 27.7 Å². The van der Waals surface area contributed by atoms with Gasteiger partial charge in [0.05, 0.1) is 16.5 Å². The van der Waals surface area contributed by atoms with Crippen molar-refractivity contribution < 1.29 is 14.7 Å². The van der Waals surface area contributed by atoms with E-state index in [0.717, 1.165) is 18.5 Å². The van der Waals surface area contributed by atoms with Crippen molar-refractivity contribution in [1.29, 1.82) is 0 Å². The van der Waals surface area contributed by atoms with Crippen LogP contribution in [0.4, 0.5) is 0 Å². The molecule has 1 aliphatic heterocycles. The smallest absolute Gasteiger partial charge is 0.290 e. The van der Waals surface area contributed by atoms with Gasteiger partial charge in [0, 0.05) is 18.9 Å². The van der Waals surface area contributed by atoms with E-state index in [9.17, 15) is 14.7 Å². The zero-order valence-corrected chi connectivity index (χ0v) is 15.6. The molecule has 0 saturated carbocycles. The van der Waals surface area contributed by atoms with E-state index in [2.05, 4.69) is 4.98 Å². The van der Waals surface area contributed by atoms with Gasteiger partial charge in [-0.25, -0.2) is 0 Å². The molecule has 26 heavy (non-hydrogen) atoms. The van der Waals surface area contributed by atoms with E-state index in [1.54, 1.807) is 46.9 Å². The van der Waals surface area contributed by atoms with Gasteiger partial charge in [-0.1, -0.05) is 6.07 Å². The predicted molar refractivity (Wildman–Crippen MR) is 100 cm³/mol. The normalized spacial score (nSPS) is 17.4. The summed E-state index contributed by atoms with van der Waals surface area (Å²) in [6, 6.07) is 6.44. The van der Waals surface area contributed by atoms with Crippen molar-refractivity contribution >= 4 is 23.0 Å². The minimum atomic E-state index is -0.595. The van der Waals surface area contributed by atoms with Crippen LogP contribution in [0.5, 0.6) is 0 Å². The van der Waals surface area contributed by atoms with Gasteiger partial charge in [0.25, 0.3) is 5.91 Å². The summed E-state index contributed by atoms with van der Waals surface area (Å²) >= 11 is 1.30. The quantitative estimate of drug-likeness (QED) is 0.758. The van der Waals surface area contributed by atoms with Crippen molar-refractivity contribution in [1.82, 2.24) is 14.8 Å². The molecule has 0 unspecified atom stereocenters. The van der Waals surface area contributed by atoms with Gasteiger partial charge < -0.3 is 14.9 Å². The monoisotopic (exact) mass is 371 g/mol. The van der Waals surface area contributed by atoms with Crippen molar-refractivity contribution in [3.8, 4) is 0 Å². The molecule has 1 atom stereocenters. The van der Waals surface area contributed by atoms with E-state index in [1.165, 1.54) is 11.3 Å². The molecule has 0 saturated heterocycles. The number of amides is 1. The summed E-state index contributed by atoms with van der Waals surface area (Å²) in [6.07, 6.45) is 3.99. The third kappa shape index (κ3) is 3.54. The summed E-state index contributed by atoms with van der Waals surface area (Å²) in [5.41, 5.74) is 0.913. The Morgan fingerprint density at radius 2 is 2.04 bits per heavy atom. The number of nitrogens with zero attached hydrogens (tertiary/aromatic N) is 3. The lowest BCUT2D eigenvalue weighted by atomic mass is 9.96. The van der Waals surface area contributed by atoms with Crippen LogP contribution in [-0.4, -0.2) is 58.8 Å². The fourth-order valence-corrected chi connectivity index (χ4v) is 3.78. The van der Waals surface area contributed by atoms with Crippen LogP contribution in [0.2, 0.25) is 0 Å². The lowest BCUT2D eigenvalue weighted by Crippen LogP contribution is -2.33. The lowest BCUT2D eigenvalue weighted by Gasteiger charge is -2.27. The van der Waals surface area contributed by atoms with E-state index in [-0.39, 0.29) is 11.4 Å². The molecule has 0 spiro atoms. The molecule has 2 aromatic heterocycles. The maximum absolute atomic E-state index is 13.0. The number of aromatic nitrogens is 1. The van der Waals surface area contributed by atoms with E-state index in [0.29, 0.717) is 11.4 Å². The number of carbonyl (C=O) groups is 2. The zero-order valence-electron chi connectivity index (χ0n) is 14.8. The molecule has 3 rings (SSSR count). The molecular formula is C19H21N3O3S. The number of rotatable bonds is 7. The highest BCUT2D eigenvalue weighted by atomic mass is 32.1. The molecule has 1 aliphatic rings. The molecule has 0 bridgehead atoms. The number of hydrogen-bond donors (Lipinski definition) is 1. The number of carbonyl (C=O) groups excluding carboxylic acids is 2. The van der Waals surface area contributed by atoms with Gasteiger partial charge in [-0.05, 0) is 56.2 Å². The Kier molecular flexibility index (Phi) is 5.49. The molecule has 0 radical (unpaired) electrons. The van der Waals surface area contributed by atoms with Crippen LogP contribution in [-0.2, 0) is 4.79 Å². The van der Waals surface area contributed by atoms with Crippen LogP contribution in [0.25, 0.3) is 0 Å². The van der Waals surface area contributed by atoms with E-state index < -0.39 is 17.7 Å². The van der Waals surface area contributed by atoms with Gasteiger partial charge in [-0.2, -0.15) is 0 Å². The fraction of sp³-hybridized carbons (Fsp3) is 0.316. The average Bonchev–Trinajstić information content (AvgIpc) is 3.24. The number of thiophene rings is 1. The molecule has 0 aromatic carbocycles. The predicted octanol–water partition coefficient (Wildman–Crippen LogP) is 2.67. The minimum Gasteiger partial charge on any atom is -0.503 e. The Morgan fingerprint density at radius 1 is 1.31 bits per heavy atom. The maximum Gasteiger partial charge on any atom is 0.290 e. The standard InChI is InChI=1S/C19H21N3O3S/c1-21(2)10-4-11-22-16(13-6-8-20-9-7-13)15(18(24)19(22)25)17(23)14-5-3-12-26-14/h3,5-9,12,16,24H,4,10-11H2,1-2H3/t16-/m0/s1. The third-order valence-corrected chi connectivity index (χ3v) is 5.19. The maximum atomic E-state index is 13.0. The zero-order chi connectivity index (χ0) is 18.7. The summed E-state index contributed by atoms with van der Waals surface area (Å²) in [5, 5.41) is 12.3. The van der Waals surface area contributed by atoms with Crippen molar-refractivity contribution in [2.75, 3.05) is 27.2 Å². The molecule has 7 heteroatoms. The van der Waals surface area contributed by atoms with Crippen molar-refractivity contribution in [3.63, 3.8) is 0 Å². The van der Waals surface area contributed by atoms with Gasteiger partial charge in [-0.3, -0.25) is 14.6 Å². The molecule has 136 valence electrons. The Balaban J connectivity index is 1.97. The first kappa shape index (κ1) is 18.3.